The summed E-state index contributed by atoms with van der Waals surface area (Å²) in [4.78, 5) is 22.7. The molecule has 0 aliphatic rings. The Balaban J connectivity index is 2.67. The minimum absolute atomic E-state index is 0.0781. The van der Waals surface area contributed by atoms with Crippen LogP contribution in [0.2, 0.25) is 0 Å². The van der Waals surface area contributed by atoms with Crippen molar-refractivity contribution in [1.82, 2.24) is 10.6 Å². The molecule has 116 valence electrons. The third-order valence-corrected chi connectivity index (χ3v) is 3.60. The van der Waals surface area contributed by atoms with Gasteiger partial charge in [0.15, 0.2) is 0 Å². The number of carbonyl (C=O) groups is 2. The lowest BCUT2D eigenvalue weighted by molar-refractivity contribution is -0.122. The van der Waals surface area contributed by atoms with Crippen molar-refractivity contribution in [3.8, 4) is 5.75 Å². The van der Waals surface area contributed by atoms with Crippen LogP contribution in [0.1, 0.15) is 25.5 Å². The van der Waals surface area contributed by atoms with Gasteiger partial charge in [-0.25, -0.2) is 4.79 Å². The molecule has 1 aromatic rings. The summed E-state index contributed by atoms with van der Waals surface area (Å²) in [6, 6.07) is 5.05. The van der Waals surface area contributed by atoms with E-state index in [1.807, 2.05) is 25.1 Å². The number of benzene rings is 1. The van der Waals surface area contributed by atoms with Crippen LogP contribution in [0.15, 0.2) is 22.7 Å². The van der Waals surface area contributed by atoms with Crippen LogP contribution in [-0.4, -0.2) is 32.3 Å². The van der Waals surface area contributed by atoms with Crippen LogP contribution < -0.4 is 15.4 Å². The molecule has 2 amide bonds. The van der Waals surface area contributed by atoms with E-state index in [-0.39, 0.29) is 6.04 Å². The van der Waals surface area contributed by atoms with Crippen LogP contribution >= 0.6 is 15.9 Å². The SMILES string of the molecule is COC(=O)NC(=O)[C@H](C)N[C@H](C)c1ccc(OC)c(Br)c1. The van der Waals surface area contributed by atoms with Crippen molar-refractivity contribution >= 4 is 27.9 Å². The van der Waals surface area contributed by atoms with E-state index >= 15 is 0 Å². The van der Waals surface area contributed by atoms with Crippen LogP contribution in [0.5, 0.6) is 5.75 Å². The van der Waals surface area contributed by atoms with Crippen molar-refractivity contribution in [1.29, 1.82) is 0 Å². The number of hydrogen-bond acceptors (Lipinski definition) is 5. The van der Waals surface area contributed by atoms with Crippen LogP contribution in [-0.2, 0) is 9.53 Å². The maximum absolute atomic E-state index is 11.7. The van der Waals surface area contributed by atoms with Gasteiger partial charge in [0.2, 0.25) is 5.91 Å². The average molecular weight is 359 g/mol. The summed E-state index contributed by atoms with van der Waals surface area (Å²) in [6.45, 7) is 3.60. The quantitative estimate of drug-likeness (QED) is 0.844. The molecule has 0 saturated heterocycles. The van der Waals surface area contributed by atoms with E-state index in [0.717, 1.165) is 15.8 Å². The molecular formula is C14H19BrN2O4. The molecule has 6 nitrogen and oxygen atoms in total. The zero-order valence-corrected chi connectivity index (χ0v) is 14.0. The second-order valence-electron chi connectivity index (χ2n) is 4.48. The number of imide groups is 1. The van der Waals surface area contributed by atoms with Gasteiger partial charge in [0.05, 0.1) is 24.7 Å². The highest BCUT2D eigenvalue weighted by Gasteiger charge is 2.19. The Morgan fingerprint density at radius 2 is 1.90 bits per heavy atom. The monoisotopic (exact) mass is 358 g/mol. The number of ether oxygens (including phenoxy) is 2. The van der Waals surface area contributed by atoms with Gasteiger partial charge in [-0.2, -0.15) is 0 Å². The fraction of sp³-hybridized carbons (Fsp3) is 0.429. The van der Waals surface area contributed by atoms with E-state index in [0.29, 0.717) is 0 Å². The fourth-order valence-electron chi connectivity index (χ4n) is 1.76. The van der Waals surface area contributed by atoms with Crippen LogP contribution in [0, 0.1) is 0 Å². The summed E-state index contributed by atoms with van der Waals surface area (Å²) in [5.41, 5.74) is 0.986. The van der Waals surface area contributed by atoms with Crippen molar-refractivity contribution in [3.63, 3.8) is 0 Å². The van der Waals surface area contributed by atoms with Crippen molar-refractivity contribution in [2.24, 2.45) is 0 Å². The van der Waals surface area contributed by atoms with Gasteiger partial charge < -0.3 is 9.47 Å². The molecule has 0 unspecified atom stereocenters. The number of alkyl carbamates (subject to hydrolysis) is 1. The molecule has 0 heterocycles. The average Bonchev–Trinajstić information content (AvgIpc) is 2.46. The largest absolute Gasteiger partial charge is 0.496 e. The van der Waals surface area contributed by atoms with Crippen molar-refractivity contribution in [2.75, 3.05) is 14.2 Å². The summed E-state index contributed by atoms with van der Waals surface area (Å²) < 4.78 is 10.4. The molecule has 0 bridgehead atoms. The first-order valence-corrected chi connectivity index (χ1v) is 7.16. The van der Waals surface area contributed by atoms with E-state index in [9.17, 15) is 9.59 Å². The highest BCUT2D eigenvalue weighted by atomic mass is 79.9. The second kappa shape index (κ2) is 7.99. The molecule has 0 aliphatic carbocycles. The number of methoxy groups -OCH3 is 2. The van der Waals surface area contributed by atoms with Gasteiger partial charge in [-0.3, -0.25) is 15.4 Å². The maximum atomic E-state index is 11.7. The van der Waals surface area contributed by atoms with E-state index < -0.39 is 18.0 Å². The van der Waals surface area contributed by atoms with Gasteiger partial charge in [-0.1, -0.05) is 6.07 Å². The molecule has 0 fully saturated rings. The maximum Gasteiger partial charge on any atom is 0.413 e. The minimum Gasteiger partial charge on any atom is -0.496 e. The first kappa shape index (κ1) is 17.5. The molecule has 2 atom stereocenters. The first-order valence-electron chi connectivity index (χ1n) is 6.37. The van der Waals surface area contributed by atoms with Crippen molar-refractivity contribution in [3.05, 3.63) is 28.2 Å². The smallest absolute Gasteiger partial charge is 0.413 e. The summed E-state index contributed by atoms with van der Waals surface area (Å²) in [5.74, 6) is 0.295. The Kier molecular flexibility index (Phi) is 6.64. The summed E-state index contributed by atoms with van der Waals surface area (Å²) >= 11 is 3.42. The van der Waals surface area contributed by atoms with Gasteiger partial charge >= 0.3 is 6.09 Å². The Bertz CT molecular complexity index is 522. The molecule has 0 radical (unpaired) electrons. The highest BCUT2D eigenvalue weighted by Crippen LogP contribution is 2.28. The molecule has 0 spiro atoms. The lowest BCUT2D eigenvalue weighted by atomic mass is 10.1. The lowest BCUT2D eigenvalue weighted by Gasteiger charge is -2.20. The third-order valence-electron chi connectivity index (χ3n) is 2.98. The number of halogens is 1. The molecule has 1 aromatic carbocycles. The molecule has 21 heavy (non-hydrogen) atoms. The van der Waals surface area contributed by atoms with Crippen molar-refractivity contribution in [2.45, 2.75) is 25.9 Å². The van der Waals surface area contributed by atoms with Gasteiger partial charge in [0.1, 0.15) is 5.75 Å². The third kappa shape index (κ3) is 5.02. The van der Waals surface area contributed by atoms with Crippen LogP contribution in [0.25, 0.3) is 0 Å². The molecule has 1 rings (SSSR count). The molecular weight excluding hydrogens is 340 g/mol. The number of nitrogens with one attached hydrogen (secondary N) is 2. The summed E-state index contributed by atoms with van der Waals surface area (Å²) in [6.07, 6.45) is -0.770. The Morgan fingerprint density at radius 1 is 1.24 bits per heavy atom. The number of rotatable bonds is 5. The first-order chi connectivity index (χ1) is 9.88. The topological polar surface area (TPSA) is 76.7 Å². The zero-order valence-electron chi connectivity index (χ0n) is 12.4. The van der Waals surface area contributed by atoms with E-state index in [1.54, 1.807) is 14.0 Å². The standard InChI is InChI=1S/C14H19BrN2O4/c1-8(10-5-6-12(20-3)11(15)7-10)16-9(2)13(18)17-14(19)21-4/h5-9,16H,1-4H3,(H,17,18,19)/t8-,9+/m1/s1. The molecule has 7 heteroatoms. The molecule has 0 aromatic heterocycles. The molecule has 0 aliphatic heterocycles. The number of amides is 2. The molecule has 0 saturated carbocycles. The Labute approximate surface area is 132 Å². The van der Waals surface area contributed by atoms with Crippen molar-refractivity contribution < 1.29 is 19.1 Å². The van der Waals surface area contributed by atoms with E-state index in [4.69, 9.17) is 4.74 Å². The van der Waals surface area contributed by atoms with E-state index in [1.165, 1.54) is 7.11 Å². The number of carbonyl (C=O) groups excluding carboxylic acids is 2. The summed E-state index contributed by atoms with van der Waals surface area (Å²) in [5, 5.41) is 5.23. The van der Waals surface area contributed by atoms with Gasteiger partial charge in [-0.15, -0.1) is 0 Å². The fourth-order valence-corrected chi connectivity index (χ4v) is 2.32. The number of hydrogen-bond donors (Lipinski definition) is 2. The Hall–Kier alpha value is -1.60. The van der Waals surface area contributed by atoms with E-state index in [2.05, 4.69) is 31.3 Å². The van der Waals surface area contributed by atoms with Gasteiger partial charge in [-0.05, 0) is 47.5 Å². The predicted octanol–water partition coefficient (Wildman–Crippen LogP) is 2.38. The van der Waals surface area contributed by atoms with Gasteiger partial charge in [0.25, 0.3) is 0 Å². The highest BCUT2D eigenvalue weighted by molar-refractivity contribution is 9.10. The van der Waals surface area contributed by atoms with Gasteiger partial charge in [0, 0.05) is 6.04 Å². The second-order valence-corrected chi connectivity index (χ2v) is 5.34. The van der Waals surface area contributed by atoms with Crippen LogP contribution in [0.4, 0.5) is 4.79 Å². The predicted molar refractivity (Wildman–Crippen MR) is 82.3 cm³/mol. The summed E-state index contributed by atoms with van der Waals surface area (Å²) in [7, 11) is 2.80. The minimum atomic E-state index is -0.770. The lowest BCUT2D eigenvalue weighted by Crippen LogP contribution is -2.45. The normalized spacial score (nSPS) is 13.2. The van der Waals surface area contributed by atoms with Crippen LogP contribution in [0.3, 0.4) is 0 Å². The Morgan fingerprint density at radius 3 is 2.43 bits per heavy atom. The zero-order chi connectivity index (χ0) is 16.0. The molecule has 2 N–H and O–H groups in total.